The van der Waals surface area contributed by atoms with Crippen LogP contribution in [0.25, 0.3) is 21.9 Å². The molecule has 8 nitrogen and oxygen atoms in total. The van der Waals surface area contributed by atoms with Crippen LogP contribution in [-0.2, 0) is 29.0 Å². The van der Waals surface area contributed by atoms with Crippen molar-refractivity contribution >= 4 is 22.6 Å². The van der Waals surface area contributed by atoms with Crippen LogP contribution in [0.3, 0.4) is 0 Å². The molecule has 1 aliphatic heterocycles. The van der Waals surface area contributed by atoms with Gasteiger partial charge in [0.25, 0.3) is 5.91 Å². The summed E-state index contributed by atoms with van der Waals surface area (Å²) in [6, 6.07) is 26.9. The summed E-state index contributed by atoms with van der Waals surface area (Å²) in [6.07, 6.45) is 9.92. The van der Waals surface area contributed by atoms with Gasteiger partial charge in [-0.1, -0.05) is 72.8 Å². The minimum atomic E-state index is -0.0991. The molecular weight excluding hydrogens is 574 g/mol. The lowest BCUT2D eigenvalue weighted by molar-refractivity contribution is -0.132. The lowest BCUT2D eigenvalue weighted by Gasteiger charge is -2.32. The Hall–Kier alpha value is -4.69. The van der Waals surface area contributed by atoms with Crippen molar-refractivity contribution in [3.8, 4) is 11.1 Å². The van der Waals surface area contributed by atoms with Crippen LogP contribution in [0.15, 0.2) is 97.6 Å². The second-order valence-electron chi connectivity index (χ2n) is 12.2. The zero-order valence-corrected chi connectivity index (χ0v) is 26.6. The Morgan fingerprint density at radius 2 is 1.74 bits per heavy atom. The van der Waals surface area contributed by atoms with Gasteiger partial charge in [-0.05, 0) is 59.6 Å². The van der Waals surface area contributed by atoms with Crippen LogP contribution >= 0.6 is 0 Å². The van der Waals surface area contributed by atoms with Crippen LogP contribution in [-0.4, -0.2) is 64.2 Å². The number of benzene rings is 3. The van der Waals surface area contributed by atoms with E-state index in [0.29, 0.717) is 37.7 Å². The Bertz CT molecular complexity index is 1750. The average Bonchev–Trinajstić information content (AvgIpc) is 3.73. The number of methoxy groups -OCH3 is 1. The van der Waals surface area contributed by atoms with Crippen molar-refractivity contribution in [2.24, 2.45) is 5.92 Å². The molecule has 3 heterocycles. The van der Waals surface area contributed by atoms with E-state index in [1.165, 1.54) is 10.9 Å². The molecule has 2 aromatic heterocycles. The number of aromatic nitrogens is 3. The summed E-state index contributed by atoms with van der Waals surface area (Å²) in [5, 5.41) is 5.40. The van der Waals surface area contributed by atoms with E-state index in [0.717, 1.165) is 67.5 Å². The summed E-state index contributed by atoms with van der Waals surface area (Å²) < 4.78 is 9.42. The first kappa shape index (κ1) is 31.3. The van der Waals surface area contributed by atoms with Gasteiger partial charge in [0, 0.05) is 64.3 Å². The van der Waals surface area contributed by atoms with Crippen molar-refractivity contribution < 1.29 is 14.3 Å². The van der Waals surface area contributed by atoms with Crippen molar-refractivity contribution in [2.75, 3.05) is 33.4 Å². The Balaban J connectivity index is 1.14. The second kappa shape index (κ2) is 15.1. The van der Waals surface area contributed by atoms with Crippen LogP contribution in [0.2, 0.25) is 0 Å². The molecule has 1 saturated heterocycles. The molecule has 0 atom stereocenters. The van der Waals surface area contributed by atoms with E-state index in [1.54, 1.807) is 7.11 Å². The van der Waals surface area contributed by atoms with E-state index in [1.807, 2.05) is 52.3 Å². The predicted molar refractivity (Wildman–Crippen MR) is 182 cm³/mol. The molecule has 2 amide bonds. The zero-order chi connectivity index (χ0) is 31.7. The highest BCUT2D eigenvalue weighted by atomic mass is 16.5. The molecule has 8 heteroatoms. The lowest BCUT2D eigenvalue weighted by Crippen LogP contribution is -2.39. The van der Waals surface area contributed by atoms with E-state index >= 15 is 0 Å². The number of nitrogens with one attached hydrogen (secondary N) is 1. The maximum Gasteiger partial charge on any atom is 0.267 e. The highest BCUT2D eigenvalue weighted by molar-refractivity contribution is 5.99. The molecule has 46 heavy (non-hydrogen) atoms. The summed E-state index contributed by atoms with van der Waals surface area (Å²) in [5.74, 6) is 0.608. The molecule has 0 spiro atoms. The molecule has 5 aromatic rings. The molecule has 0 bridgehead atoms. The zero-order valence-electron chi connectivity index (χ0n) is 26.6. The van der Waals surface area contributed by atoms with Gasteiger partial charge in [0.05, 0.1) is 18.6 Å². The maximum atomic E-state index is 13.5. The van der Waals surface area contributed by atoms with Crippen molar-refractivity contribution in [2.45, 2.75) is 45.2 Å². The number of aryl methyl sites for hydroxylation is 1. The highest BCUT2D eigenvalue weighted by Gasteiger charge is 2.24. The molecule has 3 aromatic carbocycles. The van der Waals surface area contributed by atoms with Crippen molar-refractivity contribution in [3.05, 3.63) is 115 Å². The third-order valence-corrected chi connectivity index (χ3v) is 9.06. The predicted octanol–water partition coefficient (Wildman–Crippen LogP) is 6.19. The largest absolute Gasteiger partial charge is 0.385 e. The molecule has 0 aliphatic carbocycles. The molecule has 0 saturated carbocycles. The second-order valence-corrected chi connectivity index (χ2v) is 12.2. The number of rotatable bonds is 13. The SMILES string of the molecule is COCCCNC(=O)c1cc(-c2cccc3ccccc23)cn1Cc1cncn1CC1CCN(C(=O)CCc2ccccc2)CC1. The fraction of sp³-hybridized carbons (Fsp3) is 0.342. The molecule has 1 aliphatic rings. The molecule has 0 unspecified atom stereocenters. The minimum absolute atomic E-state index is 0.0991. The van der Waals surface area contributed by atoms with Crippen LogP contribution in [0, 0.1) is 5.92 Å². The van der Waals surface area contributed by atoms with Gasteiger partial charge >= 0.3 is 0 Å². The first-order valence-electron chi connectivity index (χ1n) is 16.3. The quantitative estimate of drug-likeness (QED) is 0.160. The molecule has 238 valence electrons. The topological polar surface area (TPSA) is 81.4 Å². The van der Waals surface area contributed by atoms with E-state index < -0.39 is 0 Å². The Morgan fingerprint density at radius 1 is 0.957 bits per heavy atom. The number of carbonyl (C=O) groups is 2. The van der Waals surface area contributed by atoms with Crippen LogP contribution < -0.4 is 5.32 Å². The van der Waals surface area contributed by atoms with Gasteiger partial charge in [-0.2, -0.15) is 0 Å². The lowest BCUT2D eigenvalue weighted by atomic mass is 9.96. The number of amides is 2. The molecule has 6 rings (SSSR count). The number of hydrogen-bond donors (Lipinski definition) is 1. The average molecular weight is 618 g/mol. The smallest absolute Gasteiger partial charge is 0.267 e. The monoisotopic (exact) mass is 617 g/mol. The molecule has 1 N–H and O–H groups in total. The van der Waals surface area contributed by atoms with Gasteiger partial charge in [0.1, 0.15) is 5.69 Å². The summed E-state index contributed by atoms with van der Waals surface area (Å²) >= 11 is 0. The van der Waals surface area contributed by atoms with Crippen LogP contribution in [0.4, 0.5) is 0 Å². The van der Waals surface area contributed by atoms with Crippen LogP contribution in [0.5, 0.6) is 0 Å². The summed E-state index contributed by atoms with van der Waals surface area (Å²) in [5.41, 5.74) is 4.99. The van der Waals surface area contributed by atoms with E-state index in [-0.39, 0.29) is 11.8 Å². The van der Waals surface area contributed by atoms with Crippen molar-refractivity contribution in [1.29, 1.82) is 0 Å². The Kier molecular flexibility index (Phi) is 10.2. The normalized spacial score (nSPS) is 13.7. The van der Waals surface area contributed by atoms with Gasteiger partial charge in [-0.15, -0.1) is 0 Å². The van der Waals surface area contributed by atoms with Gasteiger partial charge in [-0.25, -0.2) is 4.98 Å². The van der Waals surface area contributed by atoms with E-state index in [9.17, 15) is 9.59 Å². The van der Waals surface area contributed by atoms with Gasteiger partial charge in [-0.3, -0.25) is 9.59 Å². The van der Waals surface area contributed by atoms with E-state index in [2.05, 4.69) is 69.6 Å². The molecule has 1 fully saturated rings. The van der Waals surface area contributed by atoms with Gasteiger partial charge in [0.2, 0.25) is 5.91 Å². The summed E-state index contributed by atoms with van der Waals surface area (Å²) in [7, 11) is 1.67. The third kappa shape index (κ3) is 7.57. The Morgan fingerprint density at radius 3 is 2.57 bits per heavy atom. The number of hydrogen-bond acceptors (Lipinski definition) is 4. The number of likely N-dealkylation sites (tertiary alicyclic amines) is 1. The number of ether oxygens (including phenoxy) is 1. The van der Waals surface area contributed by atoms with E-state index in [4.69, 9.17) is 4.74 Å². The minimum Gasteiger partial charge on any atom is -0.385 e. The number of imidazole rings is 1. The van der Waals surface area contributed by atoms with Crippen molar-refractivity contribution in [1.82, 2.24) is 24.3 Å². The number of nitrogens with zero attached hydrogens (tertiary/aromatic N) is 4. The van der Waals surface area contributed by atoms with Crippen molar-refractivity contribution in [3.63, 3.8) is 0 Å². The highest BCUT2D eigenvalue weighted by Crippen LogP contribution is 2.31. The Labute approximate surface area is 271 Å². The molecular formula is C38H43N5O3. The number of carbonyl (C=O) groups excluding carboxylic acids is 2. The first-order chi connectivity index (χ1) is 22.6. The number of piperidine rings is 1. The first-order valence-corrected chi connectivity index (χ1v) is 16.3. The standard InChI is InChI=1S/C38H43N5O3/c1-46-22-8-19-40-38(45)36-23-32(35-14-7-12-31-11-5-6-13-34(31)35)26-42(36)27-33-24-39-28-43(33)25-30-17-20-41(21-18-30)37(44)16-15-29-9-3-2-4-10-29/h2-7,9-14,23-24,26,28,30H,8,15-22,25,27H2,1H3,(H,40,45). The summed E-state index contributed by atoms with van der Waals surface area (Å²) in [6.45, 7) is 4.11. The number of fused-ring (bicyclic) bond motifs is 1. The maximum absolute atomic E-state index is 13.5. The van der Waals surface area contributed by atoms with Gasteiger partial charge in [0.15, 0.2) is 0 Å². The fourth-order valence-electron chi connectivity index (χ4n) is 6.48. The third-order valence-electron chi connectivity index (χ3n) is 9.06. The molecule has 0 radical (unpaired) electrons. The van der Waals surface area contributed by atoms with Gasteiger partial charge < -0.3 is 24.1 Å². The fourth-order valence-corrected chi connectivity index (χ4v) is 6.48. The summed E-state index contributed by atoms with van der Waals surface area (Å²) in [4.78, 5) is 32.9. The van der Waals surface area contributed by atoms with Crippen LogP contribution in [0.1, 0.15) is 47.4 Å².